The third kappa shape index (κ3) is 12.8. The summed E-state index contributed by atoms with van der Waals surface area (Å²) in [6.07, 6.45) is 16.3. The van der Waals surface area contributed by atoms with E-state index >= 15 is 0 Å². The Morgan fingerprint density at radius 2 is 1.32 bits per heavy atom. The first kappa shape index (κ1) is 44.1. The molecule has 0 aliphatic carbocycles. The molecule has 0 spiro atoms. The molecule has 8 heteroatoms. The van der Waals surface area contributed by atoms with Crippen LogP contribution in [0, 0.1) is 5.92 Å². The Morgan fingerprint density at radius 1 is 0.712 bits per heavy atom. The van der Waals surface area contributed by atoms with Gasteiger partial charge in [0.1, 0.15) is 5.69 Å². The lowest BCUT2D eigenvalue weighted by atomic mass is 9.89. The normalized spacial score (nSPS) is 18.1. The minimum absolute atomic E-state index is 0.0164. The SMILES string of the molecule is CCCCCCCCN(CCCCCCCC)C[C@H]1O[C@@H](c2ccc(-c3ccccc3CNC(=O)c3cnc4ccccc4n3)cc2)O[C@@H](c2ccc(CO)cc2)[C@H]1C. The van der Waals surface area contributed by atoms with E-state index in [0.717, 1.165) is 58.5 Å². The van der Waals surface area contributed by atoms with Gasteiger partial charge in [-0.3, -0.25) is 9.78 Å². The Labute approximate surface area is 352 Å². The van der Waals surface area contributed by atoms with Crippen molar-refractivity contribution >= 4 is 16.9 Å². The van der Waals surface area contributed by atoms with Crippen molar-refractivity contribution in [2.24, 2.45) is 5.92 Å². The number of aromatic nitrogens is 2. The summed E-state index contributed by atoms with van der Waals surface area (Å²) in [7, 11) is 0. The molecule has 0 unspecified atom stereocenters. The van der Waals surface area contributed by atoms with Crippen LogP contribution in [0.15, 0.2) is 103 Å². The van der Waals surface area contributed by atoms with E-state index in [-0.39, 0.29) is 30.6 Å². The van der Waals surface area contributed by atoms with E-state index < -0.39 is 6.29 Å². The predicted molar refractivity (Wildman–Crippen MR) is 239 cm³/mol. The van der Waals surface area contributed by atoms with Gasteiger partial charge >= 0.3 is 0 Å². The molecule has 314 valence electrons. The molecule has 1 amide bonds. The summed E-state index contributed by atoms with van der Waals surface area (Å²) >= 11 is 0. The highest BCUT2D eigenvalue weighted by Gasteiger charge is 2.39. The van der Waals surface area contributed by atoms with Crippen LogP contribution in [0.4, 0.5) is 0 Å². The fourth-order valence-electron chi connectivity index (χ4n) is 8.22. The summed E-state index contributed by atoms with van der Waals surface area (Å²) in [5.41, 5.74) is 7.81. The van der Waals surface area contributed by atoms with Crippen molar-refractivity contribution in [3.05, 3.63) is 131 Å². The van der Waals surface area contributed by atoms with Crippen LogP contribution in [0.5, 0.6) is 0 Å². The molecule has 1 aromatic heterocycles. The molecule has 5 aromatic rings. The van der Waals surface area contributed by atoms with Gasteiger partial charge in [0.05, 0.1) is 36.0 Å². The first-order valence-electron chi connectivity index (χ1n) is 22.4. The van der Waals surface area contributed by atoms with Crippen LogP contribution in [0.25, 0.3) is 22.2 Å². The molecule has 6 rings (SSSR count). The number of amides is 1. The largest absolute Gasteiger partial charge is 0.392 e. The number of benzene rings is 4. The molecule has 2 N–H and O–H groups in total. The summed E-state index contributed by atoms with van der Waals surface area (Å²) in [6.45, 7) is 10.3. The van der Waals surface area contributed by atoms with Crippen molar-refractivity contribution in [1.29, 1.82) is 0 Å². The topological polar surface area (TPSA) is 96.8 Å². The zero-order valence-electron chi connectivity index (χ0n) is 35.7. The third-order valence-electron chi connectivity index (χ3n) is 11.8. The van der Waals surface area contributed by atoms with E-state index in [9.17, 15) is 9.90 Å². The standard InChI is InChI=1S/C51H66N4O4/c1-4-6-8-10-12-18-32-55(33-19-13-11-9-7-5-2)36-48-38(3)49(41-26-24-39(37-56)25-27-41)59-51(58-48)42-30-28-40(29-31-42)44-21-15-14-20-43(44)34-53-50(57)47-35-52-45-22-16-17-23-46(45)54-47/h14-17,20-31,35,38,48-49,51,56H,4-13,18-19,32-34,36-37H2,1-3H3,(H,53,57)/t38-,48+,49+,51+/m0/s1. The minimum atomic E-state index is -0.532. The molecule has 1 saturated heterocycles. The zero-order valence-corrected chi connectivity index (χ0v) is 35.7. The summed E-state index contributed by atoms with van der Waals surface area (Å²) < 4.78 is 13.8. The van der Waals surface area contributed by atoms with Crippen LogP contribution in [-0.4, -0.2) is 51.6 Å². The lowest BCUT2D eigenvalue weighted by Gasteiger charge is -2.43. The van der Waals surface area contributed by atoms with Crippen LogP contribution in [0.1, 0.15) is 143 Å². The first-order valence-corrected chi connectivity index (χ1v) is 22.4. The fourth-order valence-corrected chi connectivity index (χ4v) is 8.22. The number of nitrogens with zero attached hydrogens (tertiary/aromatic N) is 3. The average Bonchev–Trinajstić information content (AvgIpc) is 3.28. The molecule has 1 fully saturated rings. The first-order chi connectivity index (χ1) is 29.0. The summed E-state index contributed by atoms with van der Waals surface area (Å²) in [5.74, 6) is -0.133. The predicted octanol–water partition coefficient (Wildman–Crippen LogP) is 11.5. The van der Waals surface area contributed by atoms with Gasteiger partial charge in [-0.15, -0.1) is 0 Å². The molecule has 1 aliphatic rings. The maximum atomic E-state index is 13.2. The number of aliphatic hydroxyl groups excluding tert-OH is 1. The Balaban J connectivity index is 1.17. The molecular weight excluding hydrogens is 733 g/mol. The minimum Gasteiger partial charge on any atom is -0.392 e. The highest BCUT2D eigenvalue weighted by molar-refractivity contribution is 5.93. The number of unbranched alkanes of at least 4 members (excludes halogenated alkanes) is 10. The second-order valence-corrected chi connectivity index (χ2v) is 16.4. The van der Waals surface area contributed by atoms with Crippen LogP contribution in [-0.2, 0) is 22.6 Å². The lowest BCUT2D eigenvalue weighted by Crippen LogP contribution is -2.45. The number of para-hydroxylation sites is 2. The third-order valence-corrected chi connectivity index (χ3v) is 11.8. The molecule has 4 aromatic carbocycles. The van der Waals surface area contributed by atoms with Crippen molar-refractivity contribution < 1.29 is 19.4 Å². The molecule has 4 atom stereocenters. The second-order valence-electron chi connectivity index (χ2n) is 16.4. The number of fused-ring (bicyclic) bond motifs is 1. The van der Waals surface area contributed by atoms with Crippen molar-refractivity contribution in [2.75, 3.05) is 19.6 Å². The quantitative estimate of drug-likeness (QED) is 0.0635. The maximum Gasteiger partial charge on any atom is 0.271 e. The molecule has 0 bridgehead atoms. The number of carbonyl (C=O) groups is 1. The van der Waals surface area contributed by atoms with Gasteiger partial charge in [0.25, 0.3) is 5.91 Å². The smallest absolute Gasteiger partial charge is 0.271 e. The van der Waals surface area contributed by atoms with E-state index in [1.165, 1.54) is 83.2 Å². The Morgan fingerprint density at radius 3 is 2.00 bits per heavy atom. The summed E-state index contributed by atoms with van der Waals surface area (Å²) in [5, 5.41) is 12.8. The van der Waals surface area contributed by atoms with Gasteiger partial charge in [0, 0.05) is 24.6 Å². The number of carbonyl (C=O) groups excluding carboxylic acids is 1. The van der Waals surface area contributed by atoms with Gasteiger partial charge < -0.3 is 24.8 Å². The molecular formula is C51H66N4O4. The van der Waals surface area contributed by atoms with Gasteiger partial charge in [0.2, 0.25) is 0 Å². The fraction of sp³-hybridized carbons (Fsp3) is 0.471. The average molecular weight is 799 g/mol. The molecule has 8 nitrogen and oxygen atoms in total. The van der Waals surface area contributed by atoms with E-state index in [1.54, 1.807) is 0 Å². The van der Waals surface area contributed by atoms with Crippen molar-refractivity contribution in [2.45, 2.75) is 129 Å². The van der Waals surface area contributed by atoms with Gasteiger partial charge in [-0.2, -0.15) is 0 Å². The molecule has 1 aliphatic heterocycles. The van der Waals surface area contributed by atoms with E-state index in [0.29, 0.717) is 17.8 Å². The van der Waals surface area contributed by atoms with Crippen LogP contribution >= 0.6 is 0 Å². The Kier molecular flexibility index (Phi) is 17.5. The van der Waals surface area contributed by atoms with Crippen molar-refractivity contribution in [3.63, 3.8) is 0 Å². The van der Waals surface area contributed by atoms with Crippen LogP contribution in [0.2, 0.25) is 0 Å². The second kappa shape index (κ2) is 23.4. The highest BCUT2D eigenvalue weighted by Crippen LogP contribution is 2.42. The number of hydrogen-bond acceptors (Lipinski definition) is 7. The number of rotatable bonds is 23. The summed E-state index contributed by atoms with van der Waals surface area (Å²) in [6, 6.07) is 32.4. The van der Waals surface area contributed by atoms with Gasteiger partial charge in [-0.05, 0) is 65.9 Å². The van der Waals surface area contributed by atoms with Gasteiger partial charge in [-0.1, -0.05) is 170 Å². The van der Waals surface area contributed by atoms with Crippen LogP contribution < -0.4 is 5.32 Å². The molecule has 59 heavy (non-hydrogen) atoms. The van der Waals surface area contributed by atoms with Gasteiger partial charge in [0.15, 0.2) is 6.29 Å². The monoisotopic (exact) mass is 799 g/mol. The highest BCUT2D eigenvalue weighted by atomic mass is 16.7. The van der Waals surface area contributed by atoms with Crippen molar-refractivity contribution in [1.82, 2.24) is 20.2 Å². The molecule has 0 saturated carbocycles. The Hall–Kier alpha value is -4.47. The molecule has 0 radical (unpaired) electrons. The van der Waals surface area contributed by atoms with Crippen molar-refractivity contribution in [3.8, 4) is 11.1 Å². The summed E-state index contributed by atoms with van der Waals surface area (Å²) in [4.78, 5) is 24.7. The van der Waals surface area contributed by atoms with Crippen LogP contribution in [0.3, 0.4) is 0 Å². The van der Waals surface area contributed by atoms with E-state index in [2.05, 4.69) is 83.4 Å². The maximum absolute atomic E-state index is 13.2. The van der Waals surface area contributed by atoms with E-state index in [4.69, 9.17) is 9.47 Å². The number of hydrogen-bond donors (Lipinski definition) is 2. The Bertz CT molecular complexity index is 1990. The lowest BCUT2D eigenvalue weighted by molar-refractivity contribution is -0.276. The van der Waals surface area contributed by atoms with E-state index in [1.807, 2.05) is 54.6 Å². The number of nitrogens with one attached hydrogen (secondary N) is 1. The zero-order chi connectivity index (χ0) is 41.2. The van der Waals surface area contributed by atoms with Gasteiger partial charge in [-0.25, -0.2) is 4.98 Å². The molecule has 2 heterocycles. The number of aliphatic hydroxyl groups is 1. The number of ether oxygens (including phenoxy) is 2.